The maximum Gasteiger partial charge on any atom is 0.291 e. The van der Waals surface area contributed by atoms with Gasteiger partial charge in [0.2, 0.25) is 0 Å². The number of rotatable bonds is 16. The molecule has 1 unspecified atom stereocenters. The van der Waals surface area contributed by atoms with Gasteiger partial charge in [-0.15, -0.1) is 0 Å². The van der Waals surface area contributed by atoms with Crippen molar-refractivity contribution in [2.75, 3.05) is 0 Å². The Hall–Kier alpha value is -0.130. The van der Waals surface area contributed by atoms with Gasteiger partial charge in [-0.25, -0.2) is 0 Å². The summed E-state index contributed by atoms with van der Waals surface area (Å²) in [6, 6.07) is 0. The van der Waals surface area contributed by atoms with Crippen molar-refractivity contribution in [3.63, 3.8) is 0 Å². The summed E-state index contributed by atoms with van der Waals surface area (Å²) in [6.07, 6.45) is 16.0. The average molecular weight is 351 g/mol. The molecule has 0 amide bonds. The Morgan fingerprint density at radius 1 is 0.652 bits per heavy atom. The second-order valence-electron chi connectivity index (χ2n) is 7.18. The first-order valence-electron chi connectivity index (χ1n) is 9.48. The SMILES string of the molecule is CC(C)CCCCCCCCCCCCCCC(O)S(=O)(=O)O. The molecule has 1 atom stereocenters. The second kappa shape index (κ2) is 14.2. The fraction of sp³-hybridized carbons (Fsp3) is 1.00. The lowest BCUT2D eigenvalue weighted by atomic mass is 10.0. The van der Waals surface area contributed by atoms with E-state index in [2.05, 4.69) is 13.8 Å². The van der Waals surface area contributed by atoms with Gasteiger partial charge in [-0.05, 0) is 18.8 Å². The summed E-state index contributed by atoms with van der Waals surface area (Å²) < 4.78 is 29.9. The lowest BCUT2D eigenvalue weighted by molar-refractivity contribution is 0.219. The summed E-state index contributed by atoms with van der Waals surface area (Å²) in [5, 5.41) is 9.15. The van der Waals surface area contributed by atoms with Crippen LogP contribution in [0.15, 0.2) is 0 Å². The quantitative estimate of drug-likeness (QED) is 0.292. The van der Waals surface area contributed by atoms with Crippen LogP contribution in [-0.4, -0.2) is 23.5 Å². The Bertz CT molecular complexity index is 352. The van der Waals surface area contributed by atoms with Gasteiger partial charge in [0.25, 0.3) is 10.1 Å². The summed E-state index contributed by atoms with van der Waals surface area (Å²) in [4.78, 5) is 0. The third kappa shape index (κ3) is 16.5. The van der Waals surface area contributed by atoms with Crippen LogP contribution in [0.5, 0.6) is 0 Å². The molecule has 0 fully saturated rings. The second-order valence-corrected chi connectivity index (χ2v) is 8.76. The Morgan fingerprint density at radius 2 is 0.957 bits per heavy atom. The predicted octanol–water partition coefficient (Wildman–Crippen LogP) is 5.31. The van der Waals surface area contributed by atoms with Gasteiger partial charge in [0.15, 0.2) is 5.44 Å². The molecular formula is C18H38O4S. The summed E-state index contributed by atoms with van der Waals surface area (Å²) in [7, 11) is -4.27. The first-order chi connectivity index (χ1) is 10.8. The normalized spacial score (nSPS) is 13.6. The Kier molecular flexibility index (Phi) is 14.2. The zero-order valence-electron chi connectivity index (χ0n) is 15.2. The fourth-order valence-corrected chi connectivity index (χ4v) is 3.25. The highest BCUT2D eigenvalue weighted by Gasteiger charge is 2.18. The third-order valence-electron chi connectivity index (χ3n) is 4.33. The minimum absolute atomic E-state index is 0.135. The van der Waals surface area contributed by atoms with Crippen molar-refractivity contribution in [3.8, 4) is 0 Å². The zero-order chi connectivity index (χ0) is 17.6. The lowest BCUT2D eigenvalue weighted by Gasteiger charge is -2.07. The molecule has 5 heteroatoms. The van der Waals surface area contributed by atoms with Gasteiger partial charge in [0.05, 0.1) is 0 Å². The van der Waals surface area contributed by atoms with Crippen LogP contribution >= 0.6 is 0 Å². The van der Waals surface area contributed by atoms with Crippen LogP contribution in [0.2, 0.25) is 0 Å². The molecule has 0 bridgehead atoms. The van der Waals surface area contributed by atoms with E-state index < -0.39 is 15.6 Å². The van der Waals surface area contributed by atoms with Crippen molar-refractivity contribution in [1.29, 1.82) is 0 Å². The lowest BCUT2D eigenvalue weighted by Crippen LogP contribution is -2.19. The smallest absolute Gasteiger partial charge is 0.291 e. The Labute approximate surface area is 143 Å². The van der Waals surface area contributed by atoms with Crippen LogP contribution < -0.4 is 0 Å². The summed E-state index contributed by atoms with van der Waals surface area (Å²) in [5.74, 6) is 0.839. The van der Waals surface area contributed by atoms with Crippen LogP contribution in [0.1, 0.15) is 104 Å². The van der Waals surface area contributed by atoms with E-state index in [0.29, 0.717) is 6.42 Å². The van der Waals surface area contributed by atoms with Crippen molar-refractivity contribution >= 4 is 10.1 Å². The summed E-state index contributed by atoms with van der Waals surface area (Å²) in [6.45, 7) is 4.58. The molecule has 0 aliphatic heterocycles. The zero-order valence-corrected chi connectivity index (χ0v) is 16.0. The van der Waals surface area contributed by atoms with Gasteiger partial charge >= 0.3 is 0 Å². The maximum atomic E-state index is 10.6. The Balaban J connectivity index is 3.17. The largest absolute Gasteiger partial charge is 0.375 e. The van der Waals surface area contributed by atoms with Crippen LogP contribution in [0.4, 0.5) is 0 Å². The molecule has 0 saturated heterocycles. The van der Waals surface area contributed by atoms with Gasteiger partial charge in [0, 0.05) is 0 Å². The molecule has 0 spiro atoms. The molecule has 0 aliphatic rings. The van der Waals surface area contributed by atoms with Crippen LogP contribution in [-0.2, 0) is 10.1 Å². The molecule has 0 rings (SSSR count). The van der Waals surface area contributed by atoms with E-state index in [-0.39, 0.29) is 6.42 Å². The minimum atomic E-state index is -4.27. The van der Waals surface area contributed by atoms with E-state index in [4.69, 9.17) is 9.66 Å². The van der Waals surface area contributed by atoms with E-state index >= 15 is 0 Å². The first-order valence-corrected chi connectivity index (χ1v) is 11.0. The van der Waals surface area contributed by atoms with Gasteiger partial charge < -0.3 is 5.11 Å². The van der Waals surface area contributed by atoms with Gasteiger partial charge in [-0.3, -0.25) is 4.55 Å². The number of aliphatic hydroxyl groups is 1. The highest BCUT2D eigenvalue weighted by atomic mass is 32.2. The number of hydrogen-bond acceptors (Lipinski definition) is 3. The fourth-order valence-electron chi connectivity index (χ4n) is 2.79. The monoisotopic (exact) mass is 350 g/mol. The van der Waals surface area contributed by atoms with E-state index in [9.17, 15) is 8.42 Å². The summed E-state index contributed by atoms with van der Waals surface area (Å²) >= 11 is 0. The molecule has 0 aromatic rings. The molecule has 0 aliphatic carbocycles. The van der Waals surface area contributed by atoms with Gasteiger partial charge in [-0.2, -0.15) is 8.42 Å². The highest BCUT2D eigenvalue weighted by molar-refractivity contribution is 7.86. The molecular weight excluding hydrogens is 312 g/mol. The molecule has 0 heterocycles. The van der Waals surface area contributed by atoms with Gasteiger partial charge in [-0.1, -0.05) is 90.9 Å². The third-order valence-corrected chi connectivity index (χ3v) is 5.25. The van der Waals surface area contributed by atoms with Crippen LogP contribution in [0.25, 0.3) is 0 Å². The predicted molar refractivity (Wildman–Crippen MR) is 97.0 cm³/mol. The van der Waals surface area contributed by atoms with Crippen LogP contribution in [0, 0.1) is 5.92 Å². The standard InChI is InChI=1S/C18H38O4S/c1-17(2)15-13-11-9-7-5-3-4-6-8-10-12-14-16-18(19)23(20,21)22/h17-19H,3-16H2,1-2H3,(H,20,21,22). The van der Waals surface area contributed by atoms with Crippen molar-refractivity contribution in [3.05, 3.63) is 0 Å². The molecule has 0 radical (unpaired) electrons. The molecule has 2 N–H and O–H groups in total. The highest BCUT2D eigenvalue weighted by Crippen LogP contribution is 2.15. The summed E-state index contributed by atoms with van der Waals surface area (Å²) in [5.41, 5.74) is -1.61. The van der Waals surface area contributed by atoms with Crippen molar-refractivity contribution < 1.29 is 18.1 Å². The van der Waals surface area contributed by atoms with E-state index in [1.807, 2.05) is 0 Å². The minimum Gasteiger partial charge on any atom is -0.375 e. The van der Waals surface area contributed by atoms with Crippen LogP contribution in [0.3, 0.4) is 0 Å². The molecule has 0 aromatic heterocycles. The number of hydrogen-bond donors (Lipinski definition) is 2. The van der Waals surface area contributed by atoms with E-state index in [0.717, 1.165) is 18.8 Å². The van der Waals surface area contributed by atoms with Crippen molar-refractivity contribution in [1.82, 2.24) is 0 Å². The molecule has 23 heavy (non-hydrogen) atoms. The van der Waals surface area contributed by atoms with Crippen molar-refractivity contribution in [2.24, 2.45) is 5.92 Å². The van der Waals surface area contributed by atoms with E-state index in [1.54, 1.807) is 0 Å². The molecule has 0 aromatic carbocycles. The van der Waals surface area contributed by atoms with E-state index in [1.165, 1.54) is 64.2 Å². The molecule has 140 valence electrons. The van der Waals surface area contributed by atoms with Crippen molar-refractivity contribution in [2.45, 2.75) is 109 Å². The number of aliphatic hydroxyl groups excluding tert-OH is 1. The average Bonchev–Trinajstić information content (AvgIpc) is 2.46. The Morgan fingerprint density at radius 3 is 1.26 bits per heavy atom. The number of unbranched alkanes of at least 4 members (excludes halogenated alkanes) is 11. The topological polar surface area (TPSA) is 74.6 Å². The first kappa shape index (κ1) is 22.9. The molecule has 0 saturated carbocycles. The maximum absolute atomic E-state index is 10.6. The van der Waals surface area contributed by atoms with Gasteiger partial charge in [0.1, 0.15) is 0 Å². The molecule has 4 nitrogen and oxygen atoms in total.